The number of esters is 2. The van der Waals surface area contributed by atoms with Crippen LogP contribution in [-0.2, 0) is 34.2 Å². The van der Waals surface area contributed by atoms with Gasteiger partial charge in [-0.15, -0.1) is 0 Å². The minimum atomic E-state index is -0.848. The van der Waals surface area contributed by atoms with Crippen molar-refractivity contribution >= 4 is 47.1 Å². The first-order valence-corrected chi connectivity index (χ1v) is 18.4. The van der Waals surface area contributed by atoms with Crippen LogP contribution in [0.2, 0.25) is 0 Å². The molecule has 2 aromatic carbocycles. The van der Waals surface area contributed by atoms with E-state index in [9.17, 15) is 28.8 Å². The van der Waals surface area contributed by atoms with Crippen molar-refractivity contribution in [1.29, 1.82) is 0 Å². The van der Waals surface area contributed by atoms with Gasteiger partial charge in [0.15, 0.2) is 0 Å². The SMILES string of the molecule is C=CC(=O)OCC/C(=N\OC(=O)n1cccc1)C(=O)c1ccc2c(c1)-c1cc(C(=O)/C(CCOC(=O)C=C)=N/OC(=O)n3cccc3)ccc1C2(CCC)CCC. The molecule has 0 unspecified atom stereocenters. The molecular formula is C43H42N4O10. The number of carbonyl (C=O) groups is 6. The maximum absolute atomic E-state index is 14.1. The number of benzene rings is 2. The maximum atomic E-state index is 14.1. The summed E-state index contributed by atoms with van der Waals surface area (Å²) in [5.41, 5.74) is 3.05. The zero-order valence-electron chi connectivity index (χ0n) is 31.7. The normalized spacial score (nSPS) is 12.8. The molecule has 294 valence electrons. The van der Waals surface area contributed by atoms with E-state index in [1.54, 1.807) is 48.5 Å². The van der Waals surface area contributed by atoms with Crippen LogP contribution < -0.4 is 0 Å². The first-order valence-electron chi connectivity index (χ1n) is 18.4. The van der Waals surface area contributed by atoms with Crippen molar-refractivity contribution in [2.75, 3.05) is 13.2 Å². The van der Waals surface area contributed by atoms with Crippen LogP contribution in [0.25, 0.3) is 11.1 Å². The van der Waals surface area contributed by atoms with Gasteiger partial charge < -0.3 is 9.47 Å². The van der Waals surface area contributed by atoms with Gasteiger partial charge >= 0.3 is 24.1 Å². The van der Waals surface area contributed by atoms with Crippen molar-refractivity contribution < 1.29 is 47.9 Å². The predicted molar refractivity (Wildman–Crippen MR) is 210 cm³/mol. The highest BCUT2D eigenvalue weighted by molar-refractivity contribution is 6.46. The van der Waals surface area contributed by atoms with Gasteiger partial charge in [0.2, 0.25) is 11.6 Å². The first-order chi connectivity index (χ1) is 27.6. The van der Waals surface area contributed by atoms with E-state index in [0.29, 0.717) is 11.1 Å². The summed E-state index contributed by atoms with van der Waals surface area (Å²) in [7, 11) is 0. The zero-order valence-corrected chi connectivity index (χ0v) is 31.7. The highest BCUT2D eigenvalue weighted by atomic mass is 16.7. The monoisotopic (exact) mass is 774 g/mol. The van der Waals surface area contributed by atoms with Gasteiger partial charge in [-0.1, -0.05) is 74.4 Å². The van der Waals surface area contributed by atoms with Crippen LogP contribution in [0.1, 0.15) is 84.2 Å². The molecule has 0 atom stereocenters. The Morgan fingerprint density at radius 1 is 0.632 bits per heavy atom. The summed E-state index contributed by atoms with van der Waals surface area (Å²) in [6.45, 7) is 10.5. The van der Waals surface area contributed by atoms with E-state index in [2.05, 4.69) is 37.3 Å². The van der Waals surface area contributed by atoms with Crippen molar-refractivity contribution in [2.24, 2.45) is 10.3 Å². The second-order valence-electron chi connectivity index (χ2n) is 13.0. The molecule has 4 aromatic rings. The molecule has 0 saturated carbocycles. The van der Waals surface area contributed by atoms with E-state index in [1.165, 1.54) is 24.8 Å². The van der Waals surface area contributed by atoms with Gasteiger partial charge in [0, 0.05) is 66.3 Å². The van der Waals surface area contributed by atoms with E-state index in [-0.39, 0.29) is 48.6 Å². The van der Waals surface area contributed by atoms with E-state index in [1.807, 2.05) is 12.1 Å². The number of hydrogen-bond acceptors (Lipinski definition) is 12. The Balaban J connectivity index is 1.54. The third-order valence-electron chi connectivity index (χ3n) is 9.36. The molecule has 1 aliphatic rings. The number of nitrogens with zero attached hydrogens (tertiary/aromatic N) is 4. The molecule has 0 fully saturated rings. The number of Topliss-reactive ketones (excluding diaryl/α,β-unsaturated/α-hetero) is 2. The number of aromatic nitrogens is 2. The van der Waals surface area contributed by atoms with Gasteiger partial charge in [-0.3, -0.25) is 28.4 Å². The Morgan fingerprint density at radius 2 is 1.02 bits per heavy atom. The van der Waals surface area contributed by atoms with Crippen LogP contribution in [0.3, 0.4) is 0 Å². The number of ether oxygens (including phenoxy) is 2. The first kappa shape index (κ1) is 41.2. The number of fused-ring (bicyclic) bond motifs is 3. The Bertz CT molecular complexity index is 2070. The Labute approximate surface area is 329 Å². The fourth-order valence-corrected chi connectivity index (χ4v) is 6.86. The summed E-state index contributed by atoms with van der Waals surface area (Å²) >= 11 is 0. The van der Waals surface area contributed by atoms with E-state index in [4.69, 9.17) is 19.1 Å². The lowest BCUT2D eigenvalue weighted by atomic mass is 9.71. The molecule has 1 aliphatic carbocycles. The lowest BCUT2D eigenvalue weighted by Gasteiger charge is -2.32. The molecule has 0 saturated heterocycles. The standard InChI is InChI=1S/C43H42N4O10/c1-5-19-43(20-6-2)33-15-13-29(39(50)35(17-25-54-37(48)7-3)44-56-41(52)46-21-9-10-22-46)27-31(33)32-28-30(14-16-34(32)43)40(51)36(18-26-55-38(49)8-4)45-57-42(53)47-23-11-12-24-47/h7-16,21-24,27-28H,3-6,17-20,25-26H2,1-2H3/b44-35+,45-36+. The molecule has 57 heavy (non-hydrogen) atoms. The lowest BCUT2D eigenvalue weighted by Crippen LogP contribution is -2.25. The summed E-state index contributed by atoms with van der Waals surface area (Å²) in [5, 5.41) is 7.79. The molecule has 0 radical (unpaired) electrons. The van der Waals surface area contributed by atoms with Crippen LogP contribution in [0, 0.1) is 0 Å². The predicted octanol–water partition coefficient (Wildman–Crippen LogP) is 7.84. The molecule has 0 bridgehead atoms. The molecule has 0 amide bonds. The average Bonchev–Trinajstić information content (AvgIpc) is 4.02. The third kappa shape index (κ3) is 9.47. The van der Waals surface area contributed by atoms with Crippen LogP contribution in [0.5, 0.6) is 0 Å². The molecule has 2 aromatic heterocycles. The van der Waals surface area contributed by atoms with Crippen molar-refractivity contribution in [3.63, 3.8) is 0 Å². The van der Waals surface area contributed by atoms with Gasteiger partial charge in [-0.05, 0) is 71.5 Å². The molecular weight excluding hydrogens is 732 g/mol. The van der Waals surface area contributed by atoms with Crippen LogP contribution >= 0.6 is 0 Å². The highest BCUT2D eigenvalue weighted by Gasteiger charge is 2.42. The second kappa shape index (κ2) is 19.1. The summed E-state index contributed by atoms with van der Waals surface area (Å²) in [6.07, 6.45) is 9.06. The van der Waals surface area contributed by atoms with Crippen LogP contribution in [0.4, 0.5) is 9.59 Å². The fourth-order valence-electron chi connectivity index (χ4n) is 6.86. The van der Waals surface area contributed by atoms with Crippen LogP contribution in [0.15, 0.2) is 121 Å². The number of carbonyl (C=O) groups excluding carboxylic acids is 6. The van der Waals surface area contributed by atoms with Crippen LogP contribution in [-0.4, -0.2) is 69.5 Å². The molecule has 2 heterocycles. The van der Waals surface area contributed by atoms with Crippen molar-refractivity contribution in [3.8, 4) is 11.1 Å². The molecule has 5 rings (SSSR count). The number of rotatable bonds is 18. The fraction of sp³-hybridized carbons (Fsp3) is 0.256. The van der Waals surface area contributed by atoms with Crippen molar-refractivity contribution in [2.45, 2.75) is 57.8 Å². The number of hydrogen-bond donors (Lipinski definition) is 0. The van der Waals surface area contributed by atoms with Crippen molar-refractivity contribution in [3.05, 3.63) is 133 Å². The van der Waals surface area contributed by atoms with Gasteiger partial charge in [-0.2, -0.15) is 0 Å². The average molecular weight is 775 g/mol. The topological polar surface area (TPSA) is 174 Å². The minimum absolute atomic E-state index is 0.168. The summed E-state index contributed by atoms with van der Waals surface area (Å²) in [4.78, 5) is 87.1. The molecule has 0 N–H and O–H groups in total. The maximum Gasteiger partial charge on any atom is 0.444 e. The summed E-state index contributed by atoms with van der Waals surface area (Å²) in [6, 6.07) is 17.1. The zero-order chi connectivity index (χ0) is 41.0. The van der Waals surface area contributed by atoms with Gasteiger partial charge in [0.1, 0.15) is 11.4 Å². The highest BCUT2D eigenvalue weighted by Crippen LogP contribution is 2.54. The van der Waals surface area contributed by atoms with E-state index in [0.717, 1.165) is 58.1 Å². The van der Waals surface area contributed by atoms with Gasteiger partial charge in [0.25, 0.3) is 0 Å². The van der Waals surface area contributed by atoms with Gasteiger partial charge in [-0.25, -0.2) is 19.2 Å². The molecule has 0 spiro atoms. The lowest BCUT2D eigenvalue weighted by molar-refractivity contribution is -0.138. The largest absolute Gasteiger partial charge is 0.462 e. The Morgan fingerprint density at radius 3 is 1.37 bits per heavy atom. The number of ketones is 2. The third-order valence-corrected chi connectivity index (χ3v) is 9.36. The quantitative estimate of drug-likeness (QED) is 0.0242. The van der Waals surface area contributed by atoms with Crippen molar-refractivity contribution in [1.82, 2.24) is 9.13 Å². The smallest absolute Gasteiger partial charge is 0.444 e. The van der Waals surface area contributed by atoms with E-state index >= 15 is 0 Å². The Hall–Kier alpha value is -6.96. The number of oxime groups is 2. The second-order valence-corrected chi connectivity index (χ2v) is 13.0. The summed E-state index contributed by atoms with van der Waals surface area (Å²) < 4.78 is 12.5. The summed E-state index contributed by atoms with van der Waals surface area (Å²) in [5.74, 6) is -2.53. The molecule has 14 nitrogen and oxygen atoms in total. The Kier molecular flexibility index (Phi) is 13.8. The van der Waals surface area contributed by atoms with Gasteiger partial charge in [0.05, 0.1) is 13.2 Å². The molecule has 14 heteroatoms. The molecule has 0 aliphatic heterocycles. The van der Waals surface area contributed by atoms with E-state index < -0.39 is 41.1 Å². The minimum Gasteiger partial charge on any atom is -0.462 e.